The summed E-state index contributed by atoms with van der Waals surface area (Å²) in [4.78, 5) is 2.31. The molecule has 92 valence electrons. The van der Waals surface area contributed by atoms with E-state index in [1.807, 2.05) is 6.07 Å². The van der Waals surface area contributed by atoms with Gasteiger partial charge in [0, 0.05) is 19.2 Å². The predicted molar refractivity (Wildman–Crippen MR) is 61.8 cm³/mol. The average molecular weight is 227 g/mol. The van der Waals surface area contributed by atoms with E-state index in [1.165, 1.54) is 0 Å². The second-order valence-corrected chi connectivity index (χ2v) is 3.57. The molecule has 0 aromatic carbocycles. The number of ether oxygens (including phenoxy) is 1. The average Bonchev–Trinajstić information content (AvgIpc) is 2.77. The Hall–Kier alpha value is -0.910. The van der Waals surface area contributed by atoms with Crippen LogP contribution >= 0.6 is 0 Å². The smallest absolute Gasteiger partial charge is 0.162 e. The number of hydrogen-bond donors (Lipinski definition) is 1. The molecule has 5 nitrogen and oxygen atoms in total. The van der Waals surface area contributed by atoms with Gasteiger partial charge >= 0.3 is 0 Å². The maximum atomic E-state index is 5.50. The molecule has 0 unspecified atom stereocenters. The summed E-state index contributed by atoms with van der Waals surface area (Å²) in [6.07, 6.45) is 0. The van der Waals surface area contributed by atoms with E-state index in [0.717, 1.165) is 31.1 Å². The fourth-order valence-corrected chi connectivity index (χ4v) is 1.43. The van der Waals surface area contributed by atoms with Crippen molar-refractivity contribution in [2.75, 3.05) is 26.2 Å². The third-order valence-corrected chi connectivity index (χ3v) is 2.51. The first kappa shape index (κ1) is 13.2. The molecular weight excluding hydrogens is 206 g/mol. The zero-order valence-electron chi connectivity index (χ0n) is 10.1. The van der Waals surface area contributed by atoms with Crippen LogP contribution in [0, 0.1) is 0 Å². The Bertz CT molecular complexity index is 285. The summed E-state index contributed by atoms with van der Waals surface area (Å²) < 4.78 is 10.5. The van der Waals surface area contributed by atoms with Crippen LogP contribution in [0.5, 0.6) is 0 Å². The molecule has 0 radical (unpaired) electrons. The van der Waals surface area contributed by atoms with E-state index in [4.69, 9.17) is 15.0 Å². The lowest BCUT2D eigenvalue weighted by molar-refractivity contribution is 0.0807. The molecule has 0 spiro atoms. The molecule has 0 atom stereocenters. The standard InChI is InChI=1S/C11H21N3O2/c1-3-14(4-2)5-6-15-9-11-7-10(8-12)13-16-11/h7H,3-6,8-9,12H2,1-2H3. The Kier molecular flexibility index (Phi) is 6.07. The summed E-state index contributed by atoms with van der Waals surface area (Å²) in [7, 11) is 0. The van der Waals surface area contributed by atoms with Crippen LogP contribution in [0.1, 0.15) is 25.3 Å². The SMILES string of the molecule is CCN(CC)CCOCc1cc(CN)no1. The lowest BCUT2D eigenvalue weighted by Gasteiger charge is -2.17. The van der Waals surface area contributed by atoms with Crippen LogP contribution in [0.25, 0.3) is 0 Å². The van der Waals surface area contributed by atoms with Crippen molar-refractivity contribution in [2.45, 2.75) is 27.0 Å². The van der Waals surface area contributed by atoms with Gasteiger partial charge < -0.3 is 19.9 Å². The molecule has 0 aliphatic rings. The van der Waals surface area contributed by atoms with E-state index >= 15 is 0 Å². The summed E-state index contributed by atoms with van der Waals surface area (Å²) in [6.45, 7) is 8.93. The number of hydrogen-bond acceptors (Lipinski definition) is 5. The molecule has 0 bridgehead atoms. The van der Waals surface area contributed by atoms with Crippen molar-refractivity contribution < 1.29 is 9.26 Å². The fraction of sp³-hybridized carbons (Fsp3) is 0.727. The highest BCUT2D eigenvalue weighted by Crippen LogP contribution is 2.04. The normalized spacial score (nSPS) is 11.2. The van der Waals surface area contributed by atoms with E-state index in [-0.39, 0.29) is 0 Å². The first-order chi connectivity index (χ1) is 7.80. The van der Waals surface area contributed by atoms with Crippen LogP contribution in [-0.4, -0.2) is 36.3 Å². The molecule has 1 aromatic rings. The second kappa shape index (κ2) is 7.38. The largest absolute Gasteiger partial charge is 0.372 e. The third-order valence-electron chi connectivity index (χ3n) is 2.51. The molecule has 1 heterocycles. The lowest BCUT2D eigenvalue weighted by atomic mass is 10.4. The lowest BCUT2D eigenvalue weighted by Crippen LogP contribution is -2.26. The highest BCUT2D eigenvalue weighted by molar-refractivity contribution is 5.03. The van der Waals surface area contributed by atoms with Crippen LogP contribution in [0.15, 0.2) is 10.6 Å². The highest BCUT2D eigenvalue weighted by atomic mass is 16.5. The maximum absolute atomic E-state index is 5.50. The number of rotatable bonds is 8. The molecular formula is C11H21N3O2. The van der Waals surface area contributed by atoms with Crippen molar-refractivity contribution in [1.82, 2.24) is 10.1 Å². The third kappa shape index (κ3) is 4.30. The molecule has 16 heavy (non-hydrogen) atoms. The number of aromatic nitrogens is 1. The van der Waals surface area contributed by atoms with Gasteiger partial charge in [0.05, 0.1) is 12.3 Å². The van der Waals surface area contributed by atoms with Crippen LogP contribution in [-0.2, 0) is 17.9 Å². The topological polar surface area (TPSA) is 64.5 Å². The van der Waals surface area contributed by atoms with E-state index in [2.05, 4.69) is 23.9 Å². The van der Waals surface area contributed by atoms with Crippen molar-refractivity contribution in [3.63, 3.8) is 0 Å². The van der Waals surface area contributed by atoms with Gasteiger partial charge in [-0.2, -0.15) is 0 Å². The molecule has 0 aliphatic heterocycles. The molecule has 1 aromatic heterocycles. The van der Waals surface area contributed by atoms with Crippen molar-refractivity contribution in [1.29, 1.82) is 0 Å². The first-order valence-electron chi connectivity index (χ1n) is 5.74. The van der Waals surface area contributed by atoms with E-state index in [1.54, 1.807) is 0 Å². The van der Waals surface area contributed by atoms with E-state index in [9.17, 15) is 0 Å². The van der Waals surface area contributed by atoms with Crippen molar-refractivity contribution >= 4 is 0 Å². The Balaban J connectivity index is 2.15. The van der Waals surface area contributed by atoms with Gasteiger partial charge in [0.25, 0.3) is 0 Å². The minimum absolute atomic E-state index is 0.406. The van der Waals surface area contributed by atoms with E-state index < -0.39 is 0 Å². The predicted octanol–water partition coefficient (Wildman–Crippen LogP) is 0.992. The van der Waals surface area contributed by atoms with Crippen LogP contribution in [0.2, 0.25) is 0 Å². The summed E-state index contributed by atoms with van der Waals surface area (Å²) in [6, 6.07) is 1.83. The van der Waals surface area contributed by atoms with Crippen molar-refractivity contribution in [2.24, 2.45) is 5.73 Å². The first-order valence-corrected chi connectivity index (χ1v) is 5.74. The second-order valence-electron chi connectivity index (χ2n) is 3.57. The van der Waals surface area contributed by atoms with Crippen molar-refractivity contribution in [3.05, 3.63) is 17.5 Å². The quantitative estimate of drug-likeness (QED) is 0.671. The van der Waals surface area contributed by atoms with Gasteiger partial charge in [0.15, 0.2) is 5.76 Å². The van der Waals surface area contributed by atoms with Gasteiger partial charge in [-0.05, 0) is 13.1 Å². The zero-order chi connectivity index (χ0) is 11.8. The van der Waals surface area contributed by atoms with Crippen LogP contribution in [0.3, 0.4) is 0 Å². The number of likely N-dealkylation sites (N-methyl/N-ethyl adjacent to an activating group) is 1. The maximum Gasteiger partial charge on any atom is 0.162 e. The molecule has 2 N–H and O–H groups in total. The van der Waals surface area contributed by atoms with Gasteiger partial charge in [-0.3, -0.25) is 0 Å². The Labute approximate surface area is 96.5 Å². The summed E-state index contributed by atoms with van der Waals surface area (Å²) >= 11 is 0. The van der Waals surface area contributed by atoms with Gasteiger partial charge in [-0.25, -0.2) is 0 Å². The molecule has 0 saturated carbocycles. The molecule has 1 rings (SSSR count). The van der Waals surface area contributed by atoms with Crippen LogP contribution < -0.4 is 5.73 Å². The Morgan fingerprint density at radius 1 is 1.44 bits per heavy atom. The molecule has 0 fully saturated rings. The molecule has 0 amide bonds. The van der Waals surface area contributed by atoms with E-state index in [0.29, 0.717) is 19.8 Å². The number of nitrogens with two attached hydrogens (primary N) is 1. The van der Waals surface area contributed by atoms with Gasteiger partial charge in [-0.1, -0.05) is 19.0 Å². The summed E-state index contributed by atoms with van der Waals surface area (Å²) in [5, 5.41) is 3.79. The Morgan fingerprint density at radius 3 is 2.75 bits per heavy atom. The van der Waals surface area contributed by atoms with Gasteiger partial charge in [0.1, 0.15) is 6.61 Å². The van der Waals surface area contributed by atoms with Gasteiger partial charge in [-0.15, -0.1) is 0 Å². The summed E-state index contributed by atoms with van der Waals surface area (Å²) in [5.41, 5.74) is 6.19. The minimum Gasteiger partial charge on any atom is -0.372 e. The Morgan fingerprint density at radius 2 is 2.19 bits per heavy atom. The molecule has 0 aliphatic carbocycles. The number of nitrogens with zero attached hydrogens (tertiary/aromatic N) is 2. The fourth-order valence-electron chi connectivity index (χ4n) is 1.43. The van der Waals surface area contributed by atoms with Crippen molar-refractivity contribution in [3.8, 4) is 0 Å². The van der Waals surface area contributed by atoms with Crippen LogP contribution in [0.4, 0.5) is 0 Å². The molecule has 5 heteroatoms. The molecule has 0 saturated heterocycles. The minimum atomic E-state index is 0.406. The zero-order valence-corrected chi connectivity index (χ0v) is 10.1. The highest BCUT2D eigenvalue weighted by Gasteiger charge is 2.03. The van der Waals surface area contributed by atoms with Gasteiger partial charge in [0.2, 0.25) is 0 Å². The monoisotopic (exact) mass is 227 g/mol. The summed E-state index contributed by atoms with van der Waals surface area (Å²) in [5.74, 6) is 0.736.